The fourth-order valence-electron chi connectivity index (χ4n) is 0.849. The van der Waals surface area contributed by atoms with Crippen molar-refractivity contribution in [2.24, 2.45) is 0 Å². The highest BCUT2D eigenvalue weighted by Gasteiger charge is 2.13. The molecule has 1 rings (SSSR count). The van der Waals surface area contributed by atoms with E-state index in [0.717, 1.165) is 12.1 Å². The first kappa shape index (κ1) is 9.98. The van der Waals surface area contributed by atoms with Crippen molar-refractivity contribution in [1.82, 2.24) is 0 Å². The van der Waals surface area contributed by atoms with Crippen LogP contribution >= 0.6 is 12.6 Å². The van der Waals surface area contributed by atoms with Crippen LogP contribution < -0.4 is 4.74 Å². The molecule has 0 aliphatic rings. The van der Waals surface area contributed by atoms with Crippen LogP contribution in [0.15, 0.2) is 12.1 Å². The number of rotatable bonds is 2. The lowest BCUT2D eigenvalue weighted by Gasteiger charge is -2.03. The largest absolute Gasteiger partial charge is 0.494 e. The first-order valence-electron chi connectivity index (χ1n) is 3.32. The Balaban J connectivity index is 3.28. The Labute approximate surface area is 78.9 Å². The Bertz CT molecular complexity index is 352. The highest BCUT2D eigenvalue weighted by Crippen LogP contribution is 2.21. The second-order valence-corrected chi connectivity index (χ2v) is 2.68. The molecular weight excluding hydrogens is 198 g/mol. The van der Waals surface area contributed by atoms with Crippen molar-refractivity contribution >= 4 is 17.7 Å². The molecule has 2 nitrogen and oxygen atoms in total. The van der Waals surface area contributed by atoms with Gasteiger partial charge in [0.1, 0.15) is 5.82 Å². The summed E-state index contributed by atoms with van der Waals surface area (Å²) in [5.41, 5.74) is -0.401. The molecule has 0 amide bonds. The van der Waals surface area contributed by atoms with Gasteiger partial charge in [-0.1, -0.05) is 0 Å². The fraction of sp³-hybridized carbons (Fsp3) is 0.125. The summed E-state index contributed by atoms with van der Waals surface area (Å²) in [7, 11) is 1.21. The summed E-state index contributed by atoms with van der Waals surface area (Å²) < 4.78 is 30.4. The molecule has 0 radical (unpaired) electrons. The molecule has 0 atom stereocenters. The first-order chi connectivity index (χ1) is 6.06. The highest BCUT2D eigenvalue weighted by atomic mass is 32.1. The van der Waals surface area contributed by atoms with Crippen molar-refractivity contribution in [1.29, 1.82) is 0 Å². The van der Waals surface area contributed by atoms with Crippen LogP contribution in [0.5, 0.6) is 5.75 Å². The van der Waals surface area contributed by atoms with Crippen LogP contribution in [-0.2, 0) is 0 Å². The molecule has 0 heterocycles. The second kappa shape index (κ2) is 3.74. The van der Waals surface area contributed by atoms with Gasteiger partial charge in [0.05, 0.1) is 12.7 Å². The van der Waals surface area contributed by atoms with Gasteiger partial charge in [0.2, 0.25) is 5.12 Å². The number of benzene rings is 1. The summed E-state index contributed by atoms with van der Waals surface area (Å²) in [6.45, 7) is 0. The third-order valence-corrected chi connectivity index (χ3v) is 1.71. The van der Waals surface area contributed by atoms with Gasteiger partial charge in [0.25, 0.3) is 0 Å². The number of thiol groups is 1. The van der Waals surface area contributed by atoms with E-state index in [1.165, 1.54) is 7.11 Å². The maximum Gasteiger partial charge on any atom is 0.219 e. The van der Waals surface area contributed by atoms with Gasteiger partial charge in [-0.15, -0.1) is 12.6 Å². The van der Waals surface area contributed by atoms with Crippen molar-refractivity contribution in [2.75, 3.05) is 7.11 Å². The molecule has 0 spiro atoms. The van der Waals surface area contributed by atoms with Crippen LogP contribution in [0.25, 0.3) is 0 Å². The van der Waals surface area contributed by atoms with Crippen molar-refractivity contribution in [2.45, 2.75) is 0 Å². The molecule has 0 fully saturated rings. The SMILES string of the molecule is COc1cc(F)c(C(=O)S)cc1F. The van der Waals surface area contributed by atoms with E-state index in [1.807, 2.05) is 0 Å². The van der Waals surface area contributed by atoms with Crippen LogP contribution in [-0.4, -0.2) is 12.2 Å². The molecule has 13 heavy (non-hydrogen) atoms. The number of methoxy groups -OCH3 is 1. The van der Waals surface area contributed by atoms with E-state index in [4.69, 9.17) is 0 Å². The lowest BCUT2D eigenvalue weighted by molar-refractivity contribution is 0.108. The van der Waals surface area contributed by atoms with Crippen molar-refractivity contribution in [3.63, 3.8) is 0 Å². The summed E-state index contributed by atoms with van der Waals surface area (Å²) in [6.07, 6.45) is 0. The fourth-order valence-corrected chi connectivity index (χ4v) is 1.02. The van der Waals surface area contributed by atoms with Crippen LogP contribution in [0.4, 0.5) is 8.78 Å². The Morgan fingerprint density at radius 3 is 2.46 bits per heavy atom. The van der Waals surface area contributed by atoms with E-state index in [-0.39, 0.29) is 5.75 Å². The number of hydrogen-bond acceptors (Lipinski definition) is 2. The normalized spacial score (nSPS) is 9.85. The van der Waals surface area contributed by atoms with Gasteiger partial charge in [0.15, 0.2) is 11.6 Å². The van der Waals surface area contributed by atoms with E-state index >= 15 is 0 Å². The minimum atomic E-state index is -0.849. The number of hydrogen-bond donors (Lipinski definition) is 1. The topological polar surface area (TPSA) is 26.3 Å². The average molecular weight is 204 g/mol. The Morgan fingerprint density at radius 1 is 1.38 bits per heavy atom. The van der Waals surface area contributed by atoms with Crippen molar-refractivity contribution in [3.05, 3.63) is 29.3 Å². The monoisotopic (exact) mass is 204 g/mol. The molecule has 0 aliphatic heterocycles. The smallest absolute Gasteiger partial charge is 0.219 e. The van der Waals surface area contributed by atoms with Crippen LogP contribution in [0, 0.1) is 11.6 Å². The number of halogens is 2. The third-order valence-electron chi connectivity index (χ3n) is 1.47. The maximum absolute atomic E-state index is 13.0. The predicted molar refractivity (Wildman–Crippen MR) is 46.2 cm³/mol. The van der Waals surface area contributed by atoms with Gasteiger partial charge in [-0.05, 0) is 6.07 Å². The molecule has 0 unspecified atom stereocenters. The predicted octanol–water partition coefficient (Wildman–Crippen LogP) is 2.04. The minimum absolute atomic E-state index is 0.240. The summed E-state index contributed by atoms with van der Waals surface area (Å²) in [5.74, 6) is -1.88. The molecular formula is C8H6F2O2S. The van der Waals surface area contributed by atoms with Crippen molar-refractivity contribution < 1.29 is 18.3 Å². The van der Waals surface area contributed by atoms with Gasteiger partial charge in [0, 0.05) is 6.07 Å². The molecule has 0 aromatic heterocycles. The summed E-state index contributed by atoms with van der Waals surface area (Å²) in [6, 6.07) is 1.56. The lowest BCUT2D eigenvalue weighted by Crippen LogP contribution is -1.98. The molecule has 1 aromatic carbocycles. The summed E-state index contributed by atoms with van der Waals surface area (Å²) in [4.78, 5) is 10.6. The third kappa shape index (κ3) is 1.98. The molecule has 5 heteroatoms. The van der Waals surface area contributed by atoms with Crippen LogP contribution in [0.2, 0.25) is 0 Å². The highest BCUT2D eigenvalue weighted by molar-refractivity contribution is 7.97. The number of ether oxygens (including phenoxy) is 1. The average Bonchev–Trinajstić information content (AvgIpc) is 2.07. The molecule has 0 N–H and O–H groups in total. The van der Waals surface area contributed by atoms with Gasteiger partial charge >= 0.3 is 0 Å². The van der Waals surface area contributed by atoms with E-state index in [0.29, 0.717) is 0 Å². The zero-order valence-electron chi connectivity index (χ0n) is 6.67. The second-order valence-electron chi connectivity index (χ2n) is 2.27. The van der Waals surface area contributed by atoms with Gasteiger partial charge < -0.3 is 4.74 Å². The minimum Gasteiger partial charge on any atom is -0.494 e. The van der Waals surface area contributed by atoms with Crippen molar-refractivity contribution in [3.8, 4) is 5.75 Å². The van der Waals surface area contributed by atoms with E-state index in [2.05, 4.69) is 17.4 Å². The molecule has 0 saturated carbocycles. The Morgan fingerprint density at radius 2 is 2.00 bits per heavy atom. The molecule has 0 aliphatic carbocycles. The van der Waals surface area contributed by atoms with E-state index in [1.54, 1.807) is 0 Å². The number of carbonyl (C=O) groups is 1. The van der Waals surface area contributed by atoms with Crippen LogP contribution in [0.3, 0.4) is 0 Å². The zero-order chi connectivity index (χ0) is 10.0. The molecule has 0 bridgehead atoms. The van der Waals surface area contributed by atoms with Gasteiger partial charge in [-0.3, -0.25) is 4.79 Å². The lowest BCUT2D eigenvalue weighted by atomic mass is 10.2. The standard InChI is InChI=1S/C8H6F2O2S/c1-12-7-3-5(9)4(8(11)13)2-6(7)10/h2-3H,1H3,(H,11,13). The van der Waals surface area contributed by atoms with Crippen LogP contribution in [0.1, 0.15) is 10.4 Å². The van der Waals surface area contributed by atoms with E-state index in [9.17, 15) is 13.6 Å². The van der Waals surface area contributed by atoms with Gasteiger partial charge in [-0.25, -0.2) is 8.78 Å². The first-order valence-corrected chi connectivity index (χ1v) is 3.77. The molecule has 0 saturated heterocycles. The maximum atomic E-state index is 13.0. The summed E-state index contributed by atoms with van der Waals surface area (Å²) in [5, 5.41) is -0.820. The molecule has 70 valence electrons. The summed E-state index contributed by atoms with van der Waals surface area (Å²) >= 11 is 3.38. The zero-order valence-corrected chi connectivity index (χ0v) is 7.57. The number of carbonyl (C=O) groups excluding carboxylic acids is 1. The van der Waals surface area contributed by atoms with E-state index < -0.39 is 22.3 Å². The quantitative estimate of drug-likeness (QED) is 0.746. The van der Waals surface area contributed by atoms with Gasteiger partial charge in [-0.2, -0.15) is 0 Å². The Hall–Kier alpha value is -1.10. The molecule has 1 aromatic rings. The Kier molecular flexibility index (Phi) is 2.87.